The van der Waals surface area contributed by atoms with E-state index in [4.69, 9.17) is 5.73 Å². The van der Waals surface area contributed by atoms with E-state index in [1.165, 1.54) is 38.0 Å². The summed E-state index contributed by atoms with van der Waals surface area (Å²) in [5.74, 6) is 0.416. The molecule has 0 radical (unpaired) electrons. The Morgan fingerprint density at radius 1 is 0.600 bits per heavy atom. The van der Waals surface area contributed by atoms with Crippen LogP contribution in [0.2, 0.25) is 0 Å². The second kappa shape index (κ2) is 11.4. The Bertz CT molecular complexity index is 187. The molecule has 0 aliphatic rings. The van der Waals surface area contributed by atoms with Crippen molar-refractivity contribution in [2.24, 2.45) is 5.73 Å². The van der Waals surface area contributed by atoms with Gasteiger partial charge in [0.1, 0.15) is 0 Å². The van der Waals surface area contributed by atoms with E-state index in [0.717, 1.165) is 17.0 Å². The van der Waals surface area contributed by atoms with Crippen LogP contribution in [0.3, 0.4) is 0 Å². The summed E-state index contributed by atoms with van der Waals surface area (Å²) in [7, 11) is 0.301. The van der Waals surface area contributed by atoms with Crippen LogP contribution in [0.5, 0.6) is 0 Å². The maximum Gasteiger partial charge on any atom is 0.0216 e. The van der Waals surface area contributed by atoms with Crippen LogP contribution in [-0.4, -0.2) is 35.1 Å². The summed E-state index contributed by atoms with van der Waals surface area (Å²) in [6.45, 7) is 16.5. The predicted octanol–water partition coefficient (Wildman–Crippen LogP) is 6.04. The first-order valence-corrected chi connectivity index (χ1v) is 11.9. The zero-order valence-corrected chi connectivity index (χ0v) is 16.8. The van der Waals surface area contributed by atoms with Gasteiger partial charge in [0.2, 0.25) is 0 Å². The van der Waals surface area contributed by atoms with Gasteiger partial charge in [-0.3, -0.25) is 0 Å². The average molecular weight is 319 g/mol. The lowest BCUT2D eigenvalue weighted by atomic mass is 10.2. The van der Waals surface area contributed by atoms with E-state index in [1.54, 1.807) is 0 Å². The molecule has 0 aliphatic heterocycles. The molecule has 3 heteroatoms. The highest BCUT2D eigenvalue weighted by Crippen LogP contribution is 2.47. The van der Waals surface area contributed by atoms with Crippen LogP contribution >= 0.6 is 15.8 Å². The zero-order valence-electron chi connectivity index (χ0n) is 15.0. The van der Waals surface area contributed by atoms with E-state index in [9.17, 15) is 0 Å². The highest BCUT2D eigenvalue weighted by Gasteiger charge is 2.17. The molecular formula is C17H39NP2. The van der Waals surface area contributed by atoms with Crippen molar-refractivity contribution in [3.8, 4) is 0 Å². The predicted molar refractivity (Wildman–Crippen MR) is 101 cm³/mol. The van der Waals surface area contributed by atoms with Gasteiger partial charge in [-0.25, -0.2) is 0 Å². The molecule has 0 aromatic rings. The monoisotopic (exact) mass is 319 g/mol. The van der Waals surface area contributed by atoms with Crippen molar-refractivity contribution in [1.82, 2.24) is 0 Å². The van der Waals surface area contributed by atoms with E-state index in [1.807, 2.05) is 0 Å². The molecule has 0 rings (SSSR count). The van der Waals surface area contributed by atoms with Gasteiger partial charge in [0, 0.05) is 5.78 Å². The Labute approximate surface area is 131 Å². The molecule has 2 atom stereocenters. The summed E-state index contributed by atoms with van der Waals surface area (Å²) < 4.78 is 0. The van der Waals surface area contributed by atoms with Crippen LogP contribution in [0.4, 0.5) is 0 Å². The minimum Gasteiger partial charge on any atom is -0.324 e. The molecule has 0 aliphatic carbocycles. The number of hydrogen-bond acceptors (Lipinski definition) is 1. The van der Waals surface area contributed by atoms with Gasteiger partial charge in [-0.15, -0.1) is 7.92 Å². The van der Waals surface area contributed by atoms with E-state index >= 15 is 0 Å². The number of hydrogen-bond donors (Lipinski definition) is 1. The molecule has 2 N–H and O–H groups in total. The largest absolute Gasteiger partial charge is 0.324 e. The third kappa shape index (κ3) is 8.96. The summed E-state index contributed by atoms with van der Waals surface area (Å²) in [6.07, 6.45) is 8.55. The van der Waals surface area contributed by atoms with Gasteiger partial charge in [0.05, 0.1) is 0 Å². The minimum absolute atomic E-state index is 0.0493. The van der Waals surface area contributed by atoms with E-state index in [2.05, 4.69) is 48.5 Å². The van der Waals surface area contributed by atoms with Gasteiger partial charge in [0.25, 0.3) is 0 Å². The SMILES string of the molecule is CC(C)P(CCCCCCP(C(C)C)C(C)N)C(C)C. The Kier molecular flexibility index (Phi) is 11.9. The fourth-order valence-corrected chi connectivity index (χ4v) is 8.25. The second-order valence-electron chi connectivity index (χ2n) is 6.91. The number of rotatable bonds is 11. The summed E-state index contributed by atoms with van der Waals surface area (Å²) in [5.41, 5.74) is 8.71. The Morgan fingerprint density at radius 2 is 0.950 bits per heavy atom. The van der Waals surface area contributed by atoms with Gasteiger partial charge in [-0.05, 0) is 49.1 Å². The minimum atomic E-state index is 0.0493. The lowest BCUT2D eigenvalue weighted by Crippen LogP contribution is -2.18. The van der Waals surface area contributed by atoms with Crippen LogP contribution in [0.25, 0.3) is 0 Å². The number of unbranched alkanes of at least 4 members (excludes halogenated alkanes) is 3. The Morgan fingerprint density at radius 3 is 1.25 bits per heavy atom. The summed E-state index contributed by atoms with van der Waals surface area (Å²) in [5, 5.41) is 0. The smallest absolute Gasteiger partial charge is 0.0216 e. The first-order chi connectivity index (χ1) is 9.27. The molecule has 0 aromatic heterocycles. The van der Waals surface area contributed by atoms with Crippen LogP contribution in [0.15, 0.2) is 0 Å². The van der Waals surface area contributed by atoms with Crippen molar-refractivity contribution >= 4 is 15.8 Å². The lowest BCUT2D eigenvalue weighted by Gasteiger charge is -2.26. The topological polar surface area (TPSA) is 26.0 Å². The molecule has 0 aromatic carbocycles. The van der Waals surface area contributed by atoms with Crippen molar-refractivity contribution in [3.63, 3.8) is 0 Å². The van der Waals surface area contributed by atoms with Gasteiger partial charge in [-0.2, -0.15) is 0 Å². The molecule has 0 amide bonds. The van der Waals surface area contributed by atoms with Crippen LogP contribution in [-0.2, 0) is 0 Å². The average Bonchev–Trinajstić information content (AvgIpc) is 2.30. The third-order valence-corrected chi connectivity index (χ3v) is 10.8. The van der Waals surface area contributed by atoms with Crippen molar-refractivity contribution in [3.05, 3.63) is 0 Å². The molecule has 2 unspecified atom stereocenters. The van der Waals surface area contributed by atoms with Gasteiger partial charge >= 0.3 is 0 Å². The Balaban J connectivity index is 3.76. The number of nitrogens with two attached hydrogens (primary N) is 1. The molecular weight excluding hydrogens is 280 g/mol. The molecule has 0 bridgehead atoms. The molecule has 122 valence electrons. The van der Waals surface area contributed by atoms with Gasteiger partial charge < -0.3 is 5.73 Å². The van der Waals surface area contributed by atoms with Crippen molar-refractivity contribution < 1.29 is 0 Å². The first kappa shape index (κ1) is 20.8. The van der Waals surface area contributed by atoms with Gasteiger partial charge in [0.15, 0.2) is 0 Å². The summed E-state index contributed by atoms with van der Waals surface area (Å²) >= 11 is 0. The van der Waals surface area contributed by atoms with Crippen molar-refractivity contribution in [1.29, 1.82) is 0 Å². The van der Waals surface area contributed by atoms with Crippen LogP contribution in [0.1, 0.15) is 74.1 Å². The normalized spacial score (nSPS) is 15.6. The molecule has 0 fully saturated rings. The Hall–Kier alpha value is 0.820. The first-order valence-electron chi connectivity index (χ1n) is 8.54. The highest BCUT2D eigenvalue weighted by molar-refractivity contribution is 7.59. The molecule has 0 saturated heterocycles. The lowest BCUT2D eigenvalue weighted by molar-refractivity contribution is 0.702. The van der Waals surface area contributed by atoms with E-state index < -0.39 is 0 Å². The molecule has 0 saturated carbocycles. The van der Waals surface area contributed by atoms with Crippen molar-refractivity contribution in [2.45, 2.75) is 96.9 Å². The third-order valence-electron chi connectivity index (χ3n) is 4.10. The summed E-state index contributed by atoms with van der Waals surface area (Å²) in [4.78, 5) is 0. The van der Waals surface area contributed by atoms with Gasteiger partial charge in [-0.1, -0.05) is 62.3 Å². The van der Waals surface area contributed by atoms with Crippen LogP contribution in [0, 0.1) is 0 Å². The van der Waals surface area contributed by atoms with Crippen LogP contribution < -0.4 is 5.73 Å². The highest BCUT2D eigenvalue weighted by atomic mass is 31.1. The maximum absolute atomic E-state index is 6.12. The molecule has 20 heavy (non-hydrogen) atoms. The van der Waals surface area contributed by atoms with E-state index in [-0.39, 0.29) is 15.8 Å². The standard InChI is InChI=1S/C17H39NP2/c1-14(2)19(15(3)4)12-10-8-9-11-13-20(16(5)6)17(7)18/h14-17H,8-13,18H2,1-7H3. The van der Waals surface area contributed by atoms with Crippen molar-refractivity contribution in [2.75, 3.05) is 12.3 Å². The second-order valence-corrected chi connectivity index (χ2v) is 13.8. The molecule has 1 nitrogen and oxygen atoms in total. The molecule has 0 spiro atoms. The fourth-order valence-electron chi connectivity index (χ4n) is 2.99. The maximum atomic E-state index is 6.12. The quantitative estimate of drug-likeness (QED) is 0.364. The fraction of sp³-hybridized carbons (Fsp3) is 1.00. The molecule has 0 heterocycles. The zero-order chi connectivity index (χ0) is 15.7. The summed E-state index contributed by atoms with van der Waals surface area (Å²) in [6, 6.07) is 0. The van der Waals surface area contributed by atoms with E-state index in [0.29, 0.717) is 5.78 Å².